The van der Waals surface area contributed by atoms with Gasteiger partial charge in [-0.2, -0.15) is 0 Å². The summed E-state index contributed by atoms with van der Waals surface area (Å²) >= 11 is 0. The molecule has 0 aliphatic rings. The zero-order valence-electron chi connectivity index (χ0n) is 33.3. The first kappa shape index (κ1) is 51.6. The molecule has 0 radical (unpaired) electrons. The lowest BCUT2D eigenvalue weighted by molar-refractivity contribution is -0.161. The number of phosphoric ester groups is 1. The standard InChI is InChI=1S/C42H73O11P/c1-3-5-6-7-8-9-10-13-17-20-23-26-29-32-41(46)50-36-40(37-52-54(48,49)51-35-39(45)34-43)53-42(47)33-30-27-24-21-18-15-12-11-14-16-19-22-25-28-31-38(44)4-2/h9-10,12,14-16,21-22,24-25,38-40,43-45H,3-8,11,13,17-20,23,26-37H2,1-2H3,(H,48,49)/b10-9-,15-12-,16-14-,24-21-,25-22-/t38-,39+,40-/m1/s1. The fourth-order valence-electron chi connectivity index (χ4n) is 4.96. The van der Waals surface area contributed by atoms with Gasteiger partial charge in [0.25, 0.3) is 0 Å². The first-order chi connectivity index (χ1) is 26.1. The number of carbonyl (C=O) groups is 2. The van der Waals surface area contributed by atoms with E-state index in [0.29, 0.717) is 19.3 Å². The van der Waals surface area contributed by atoms with E-state index in [1.54, 1.807) is 0 Å². The van der Waals surface area contributed by atoms with Crippen molar-refractivity contribution in [2.45, 2.75) is 167 Å². The van der Waals surface area contributed by atoms with Crippen LogP contribution in [-0.4, -0.2) is 76.9 Å². The molecule has 0 saturated carbocycles. The lowest BCUT2D eigenvalue weighted by Crippen LogP contribution is -2.29. The zero-order valence-corrected chi connectivity index (χ0v) is 34.2. The second-order valence-corrected chi connectivity index (χ2v) is 14.9. The molecule has 54 heavy (non-hydrogen) atoms. The molecular formula is C42H73O11P. The van der Waals surface area contributed by atoms with Crippen LogP contribution in [-0.2, 0) is 32.7 Å². The van der Waals surface area contributed by atoms with Crippen molar-refractivity contribution >= 4 is 19.8 Å². The van der Waals surface area contributed by atoms with Crippen LogP contribution in [0.4, 0.5) is 0 Å². The Morgan fingerprint density at radius 1 is 0.593 bits per heavy atom. The van der Waals surface area contributed by atoms with Crippen molar-refractivity contribution in [1.29, 1.82) is 0 Å². The van der Waals surface area contributed by atoms with Gasteiger partial charge in [-0.1, -0.05) is 113 Å². The Morgan fingerprint density at radius 3 is 1.70 bits per heavy atom. The van der Waals surface area contributed by atoms with E-state index in [1.807, 2.05) is 19.1 Å². The van der Waals surface area contributed by atoms with E-state index in [-0.39, 0.29) is 25.6 Å². The fourth-order valence-corrected chi connectivity index (χ4v) is 5.75. The highest BCUT2D eigenvalue weighted by Crippen LogP contribution is 2.43. The molecule has 0 amide bonds. The molecule has 0 aromatic carbocycles. The largest absolute Gasteiger partial charge is 0.472 e. The van der Waals surface area contributed by atoms with Gasteiger partial charge in [-0.05, 0) is 83.5 Å². The topological polar surface area (TPSA) is 169 Å². The molecule has 0 fully saturated rings. The number of aliphatic hydroxyl groups is 3. The van der Waals surface area contributed by atoms with Gasteiger partial charge in [-0.25, -0.2) is 4.57 Å². The minimum atomic E-state index is -4.64. The summed E-state index contributed by atoms with van der Waals surface area (Å²) in [5, 5.41) is 27.8. The van der Waals surface area contributed by atoms with Crippen LogP contribution in [0.15, 0.2) is 60.8 Å². The smallest absolute Gasteiger partial charge is 0.462 e. The van der Waals surface area contributed by atoms with Crippen molar-refractivity contribution in [1.82, 2.24) is 0 Å². The second-order valence-electron chi connectivity index (χ2n) is 13.4. The fraction of sp³-hybridized carbons (Fsp3) is 0.714. The third-order valence-electron chi connectivity index (χ3n) is 8.31. The Morgan fingerprint density at radius 2 is 1.09 bits per heavy atom. The van der Waals surface area contributed by atoms with Gasteiger partial charge in [0.15, 0.2) is 6.10 Å². The van der Waals surface area contributed by atoms with Crippen molar-refractivity contribution in [3.05, 3.63) is 60.8 Å². The number of esters is 2. The number of unbranched alkanes of at least 4 members (excludes halogenated alkanes) is 10. The molecule has 12 heteroatoms. The number of phosphoric acid groups is 1. The van der Waals surface area contributed by atoms with Crippen molar-refractivity contribution in [3.8, 4) is 0 Å². The normalized spacial score (nSPS) is 15.1. The molecule has 0 heterocycles. The molecule has 0 aliphatic carbocycles. The highest BCUT2D eigenvalue weighted by molar-refractivity contribution is 7.47. The Labute approximate surface area is 326 Å². The van der Waals surface area contributed by atoms with Crippen molar-refractivity contribution in [2.24, 2.45) is 0 Å². The summed E-state index contributed by atoms with van der Waals surface area (Å²) in [5.74, 6) is -1.02. The number of carbonyl (C=O) groups excluding carboxylic acids is 2. The number of ether oxygens (including phenoxy) is 2. The molecule has 0 spiro atoms. The van der Waals surface area contributed by atoms with Crippen LogP contribution < -0.4 is 0 Å². The zero-order chi connectivity index (χ0) is 40.0. The molecule has 0 aromatic rings. The van der Waals surface area contributed by atoms with E-state index in [4.69, 9.17) is 19.1 Å². The minimum absolute atomic E-state index is 0.0911. The van der Waals surface area contributed by atoms with Crippen molar-refractivity contribution < 1.29 is 52.9 Å². The SMILES string of the molecule is CCCCCC/C=C\CCCCCCCC(=O)OC[C@H](COP(=O)(O)OC[C@@H](O)CO)OC(=O)CCC/C=C\C/C=C\C/C=C\C/C=C\CC[C@H](O)CC. The summed E-state index contributed by atoms with van der Waals surface area (Å²) in [7, 11) is -4.64. The molecule has 0 aliphatic heterocycles. The van der Waals surface area contributed by atoms with Gasteiger partial charge in [0, 0.05) is 12.8 Å². The molecule has 1 unspecified atom stereocenters. The van der Waals surface area contributed by atoms with Crippen LogP contribution in [0.5, 0.6) is 0 Å². The van der Waals surface area contributed by atoms with Crippen LogP contribution in [0.3, 0.4) is 0 Å². The van der Waals surface area contributed by atoms with Gasteiger partial charge in [0.05, 0.1) is 25.9 Å². The van der Waals surface area contributed by atoms with Gasteiger partial charge in [0.2, 0.25) is 0 Å². The Kier molecular flexibility index (Phi) is 35.9. The molecular weight excluding hydrogens is 711 g/mol. The van der Waals surface area contributed by atoms with Gasteiger partial charge in [-0.3, -0.25) is 18.6 Å². The number of allylic oxidation sites excluding steroid dienone is 10. The first-order valence-electron chi connectivity index (χ1n) is 20.3. The summed E-state index contributed by atoms with van der Waals surface area (Å²) in [6, 6.07) is 0. The second kappa shape index (κ2) is 37.5. The number of aliphatic hydroxyl groups excluding tert-OH is 3. The number of hydrogen-bond donors (Lipinski definition) is 4. The number of hydrogen-bond acceptors (Lipinski definition) is 10. The van der Waals surface area contributed by atoms with Gasteiger partial charge in [-0.15, -0.1) is 0 Å². The number of rotatable bonds is 37. The maximum atomic E-state index is 12.6. The van der Waals surface area contributed by atoms with Crippen LogP contribution in [0.2, 0.25) is 0 Å². The van der Waals surface area contributed by atoms with Crippen LogP contribution in [0.1, 0.15) is 149 Å². The average Bonchev–Trinajstić information content (AvgIpc) is 3.16. The predicted octanol–water partition coefficient (Wildman–Crippen LogP) is 9.30. The van der Waals surface area contributed by atoms with Gasteiger partial charge < -0.3 is 29.7 Å². The summed E-state index contributed by atoms with van der Waals surface area (Å²) in [6.07, 6.45) is 37.1. The lowest BCUT2D eigenvalue weighted by Gasteiger charge is -2.20. The first-order valence-corrected chi connectivity index (χ1v) is 21.8. The van der Waals surface area contributed by atoms with E-state index in [2.05, 4.69) is 60.1 Å². The highest BCUT2D eigenvalue weighted by Gasteiger charge is 2.27. The summed E-state index contributed by atoms with van der Waals surface area (Å²) in [5.41, 5.74) is 0. The molecule has 4 N–H and O–H groups in total. The van der Waals surface area contributed by atoms with Gasteiger partial charge >= 0.3 is 19.8 Å². The summed E-state index contributed by atoms with van der Waals surface area (Å²) in [4.78, 5) is 34.9. The quantitative estimate of drug-likeness (QED) is 0.0205. The van der Waals surface area contributed by atoms with E-state index < -0.39 is 51.8 Å². The molecule has 0 rings (SSSR count). The van der Waals surface area contributed by atoms with E-state index in [1.165, 1.54) is 25.7 Å². The molecule has 0 aromatic heterocycles. The Balaban J connectivity index is 4.47. The molecule has 312 valence electrons. The molecule has 0 bridgehead atoms. The van der Waals surface area contributed by atoms with Crippen molar-refractivity contribution in [3.63, 3.8) is 0 Å². The summed E-state index contributed by atoms with van der Waals surface area (Å²) in [6.45, 7) is 1.98. The van der Waals surface area contributed by atoms with Gasteiger partial charge in [0.1, 0.15) is 12.7 Å². The van der Waals surface area contributed by atoms with Crippen molar-refractivity contribution in [2.75, 3.05) is 26.4 Å². The van der Waals surface area contributed by atoms with Crippen LogP contribution in [0.25, 0.3) is 0 Å². The van der Waals surface area contributed by atoms with E-state index in [9.17, 15) is 29.3 Å². The van der Waals surface area contributed by atoms with Crippen LogP contribution >= 0.6 is 7.82 Å². The average molecular weight is 785 g/mol. The summed E-state index contributed by atoms with van der Waals surface area (Å²) < 4.78 is 32.5. The third-order valence-corrected chi connectivity index (χ3v) is 9.26. The molecule has 0 saturated heterocycles. The molecule has 11 nitrogen and oxygen atoms in total. The van der Waals surface area contributed by atoms with E-state index in [0.717, 1.165) is 77.0 Å². The predicted molar refractivity (Wildman–Crippen MR) is 216 cm³/mol. The Hall–Kier alpha value is -2.37. The Bertz CT molecular complexity index is 1100. The lowest BCUT2D eigenvalue weighted by atomic mass is 10.1. The molecule has 4 atom stereocenters. The van der Waals surface area contributed by atoms with Crippen LogP contribution in [0, 0.1) is 0 Å². The monoisotopic (exact) mass is 784 g/mol. The third kappa shape index (κ3) is 36.6. The highest BCUT2D eigenvalue weighted by atomic mass is 31.2. The van der Waals surface area contributed by atoms with E-state index >= 15 is 0 Å². The maximum absolute atomic E-state index is 12.6. The maximum Gasteiger partial charge on any atom is 0.472 e. The minimum Gasteiger partial charge on any atom is -0.462 e.